The van der Waals surface area contributed by atoms with E-state index in [2.05, 4.69) is 6.92 Å². The van der Waals surface area contributed by atoms with Crippen LogP contribution < -0.4 is 4.52 Å². The molecular weight excluding hydrogens is 315 g/mol. The van der Waals surface area contributed by atoms with Crippen LogP contribution in [0.4, 0.5) is 0 Å². The van der Waals surface area contributed by atoms with Crippen LogP contribution in [0, 0.1) is 0 Å². The molecule has 5 nitrogen and oxygen atoms in total. The Morgan fingerprint density at radius 1 is 1.00 bits per heavy atom. The fourth-order valence-corrected chi connectivity index (χ4v) is 3.62. The van der Waals surface area contributed by atoms with Crippen molar-refractivity contribution in [2.75, 3.05) is 13.2 Å². The molecule has 0 fully saturated rings. The highest BCUT2D eigenvalue weighted by molar-refractivity contribution is 7.48. The van der Waals surface area contributed by atoms with Crippen LogP contribution in [0.3, 0.4) is 0 Å². The molecule has 0 bridgehead atoms. The van der Waals surface area contributed by atoms with Crippen molar-refractivity contribution in [2.45, 2.75) is 33.6 Å². The summed E-state index contributed by atoms with van der Waals surface area (Å²) in [5.74, 6) is 0.527. The minimum Gasteiger partial charge on any atom is -0.507 e. The van der Waals surface area contributed by atoms with E-state index in [4.69, 9.17) is 13.6 Å². The first-order valence-electron chi connectivity index (χ1n) is 7.86. The topological polar surface area (TPSA) is 65.0 Å². The van der Waals surface area contributed by atoms with Gasteiger partial charge in [0.2, 0.25) is 0 Å². The Bertz CT molecular complexity index is 703. The zero-order chi connectivity index (χ0) is 16.9. The Labute approximate surface area is 136 Å². The van der Waals surface area contributed by atoms with E-state index < -0.39 is 7.82 Å². The summed E-state index contributed by atoms with van der Waals surface area (Å²) in [6, 6.07) is 8.85. The van der Waals surface area contributed by atoms with Crippen LogP contribution in [0.5, 0.6) is 11.5 Å². The Morgan fingerprint density at radius 3 is 2.30 bits per heavy atom. The van der Waals surface area contributed by atoms with Crippen molar-refractivity contribution in [2.24, 2.45) is 0 Å². The van der Waals surface area contributed by atoms with Gasteiger partial charge < -0.3 is 9.63 Å². The van der Waals surface area contributed by atoms with Gasteiger partial charge in [-0.3, -0.25) is 9.05 Å². The van der Waals surface area contributed by atoms with E-state index in [1.54, 1.807) is 19.9 Å². The molecule has 2 aromatic carbocycles. The summed E-state index contributed by atoms with van der Waals surface area (Å²) in [5.41, 5.74) is 1.13. The largest absolute Gasteiger partial charge is 0.530 e. The maximum absolute atomic E-state index is 12.6. The van der Waals surface area contributed by atoms with E-state index >= 15 is 0 Å². The minimum absolute atomic E-state index is 0.160. The van der Waals surface area contributed by atoms with Crippen molar-refractivity contribution in [3.63, 3.8) is 0 Å². The van der Waals surface area contributed by atoms with Crippen LogP contribution in [0.1, 0.15) is 32.8 Å². The summed E-state index contributed by atoms with van der Waals surface area (Å²) in [6.45, 7) is 5.98. The lowest BCUT2D eigenvalue weighted by Crippen LogP contribution is -2.02. The van der Waals surface area contributed by atoms with E-state index in [9.17, 15) is 9.67 Å². The summed E-state index contributed by atoms with van der Waals surface area (Å²) < 4.78 is 28.4. The third-order valence-electron chi connectivity index (χ3n) is 3.34. The molecule has 0 radical (unpaired) electrons. The van der Waals surface area contributed by atoms with Gasteiger partial charge in [0.25, 0.3) is 0 Å². The third kappa shape index (κ3) is 4.25. The number of phosphoric acid groups is 1. The summed E-state index contributed by atoms with van der Waals surface area (Å²) in [4.78, 5) is 0. The van der Waals surface area contributed by atoms with Crippen molar-refractivity contribution >= 4 is 18.6 Å². The predicted octanol–water partition coefficient (Wildman–Crippen LogP) is 5.06. The molecule has 0 aromatic heterocycles. The zero-order valence-corrected chi connectivity index (χ0v) is 14.6. The van der Waals surface area contributed by atoms with Gasteiger partial charge in [-0.2, -0.15) is 0 Å². The monoisotopic (exact) mass is 338 g/mol. The first-order chi connectivity index (χ1) is 11.0. The van der Waals surface area contributed by atoms with Crippen LogP contribution in [0.15, 0.2) is 30.3 Å². The molecule has 0 aliphatic rings. The predicted molar refractivity (Wildman–Crippen MR) is 91.1 cm³/mol. The number of fused-ring (bicyclic) bond motifs is 1. The number of phosphoric ester groups is 1. The second kappa shape index (κ2) is 7.82. The highest BCUT2D eigenvalue weighted by Gasteiger charge is 2.28. The number of phenolic OH excluding ortho intramolecular Hbond substituents is 1. The molecule has 2 aromatic rings. The van der Waals surface area contributed by atoms with Crippen LogP contribution in [0.25, 0.3) is 10.8 Å². The van der Waals surface area contributed by atoms with Gasteiger partial charge in [0.1, 0.15) is 11.5 Å². The quantitative estimate of drug-likeness (QED) is 0.682. The molecular formula is C17H23O5P. The van der Waals surface area contributed by atoms with Crippen molar-refractivity contribution in [3.8, 4) is 11.5 Å². The number of aromatic hydroxyl groups is 1. The molecule has 23 heavy (non-hydrogen) atoms. The fourth-order valence-electron chi connectivity index (χ4n) is 2.40. The lowest BCUT2D eigenvalue weighted by Gasteiger charge is -2.18. The van der Waals surface area contributed by atoms with Gasteiger partial charge in [0, 0.05) is 10.8 Å². The van der Waals surface area contributed by atoms with Crippen LogP contribution in [-0.4, -0.2) is 18.3 Å². The maximum Gasteiger partial charge on any atom is 0.530 e. The van der Waals surface area contributed by atoms with Gasteiger partial charge in [-0.25, -0.2) is 4.57 Å². The molecule has 2 rings (SSSR count). The number of hydrogen-bond donors (Lipinski definition) is 1. The van der Waals surface area contributed by atoms with Gasteiger partial charge in [0.05, 0.1) is 13.2 Å². The van der Waals surface area contributed by atoms with E-state index in [0.717, 1.165) is 18.4 Å². The van der Waals surface area contributed by atoms with E-state index in [0.29, 0.717) is 16.5 Å². The summed E-state index contributed by atoms with van der Waals surface area (Å²) in [5, 5.41) is 11.4. The first kappa shape index (κ1) is 17.8. The molecule has 0 spiro atoms. The van der Waals surface area contributed by atoms with Crippen molar-refractivity contribution in [3.05, 3.63) is 35.9 Å². The number of aryl methyl sites for hydroxylation is 1. The van der Waals surface area contributed by atoms with E-state index in [1.807, 2.05) is 18.2 Å². The molecule has 0 amide bonds. The van der Waals surface area contributed by atoms with Gasteiger partial charge in [-0.05, 0) is 44.0 Å². The number of phenols is 1. The molecule has 0 heterocycles. The SMILES string of the molecule is CCCc1ccc2c(OP(=O)(OCC)OCC)ccc(O)c2c1. The van der Waals surface area contributed by atoms with Crippen LogP contribution >= 0.6 is 7.82 Å². The highest BCUT2D eigenvalue weighted by Crippen LogP contribution is 2.51. The van der Waals surface area contributed by atoms with Gasteiger partial charge in [0.15, 0.2) is 0 Å². The third-order valence-corrected chi connectivity index (χ3v) is 4.91. The van der Waals surface area contributed by atoms with Crippen molar-refractivity contribution < 1.29 is 23.2 Å². The summed E-state index contributed by atoms with van der Waals surface area (Å²) >= 11 is 0. The molecule has 6 heteroatoms. The minimum atomic E-state index is -3.67. The standard InChI is InChI=1S/C17H23O5P/c1-4-7-13-8-9-14-15(12-13)16(18)10-11-17(14)22-23(19,20-5-2)21-6-3/h8-12,18H,4-7H2,1-3H3. The smallest absolute Gasteiger partial charge is 0.507 e. The molecule has 0 aliphatic carbocycles. The second-order valence-corrected chi connectivity index (χ2v) is 6.68. The Morgan fingerprint density at radius 2 is 1.70 bits per heavy atom. The zero-order valence-electron chi connectivity index (χ0n) is 13.7. The lowest BCUT2D eigenvalue weighted by molar-refractivity contribution is 0.168. The van der Waals surface area contributed by atoms with E-state index in [1.165, 1.54) is 6.07 Å². The second-order valence-electron chi connectivity index (χ2n) is 5.09. The highest BCUT2D eigenvalue weighted by atomic mass is 31.2. The lowest BCUT2D eigenvalue weighted by atomic mass is 10.0. The molecule has 0 atom stereocenters. The van der Waals surface area contributed by atoms with E-state index in [-0.39, 0.29) is 19.0 Å². The van der Waals surface area contributed by atoms with Crippen LogP contribution in [0.2, 0.25) is 0 Å². The molecule has 0 saturated heterocycles. The fraction of sp³-hybridized carbons (Fsp3) is 0.412. The van der Waals surface area contributed by atoms with Crippen molar-refractivity contribution in [1.29, 1.82) is 0 Å². The van der Waals surface area contributed by atoms with Crippen molar-refractivity contribution in [1.82, 2.24) is 0 Å². The van der Waals surface area contributed by atoms with Gasteiger partial charge >= 0.3 is 7.82 Å². The number of benzene rings is 2. The Hall–Kier alpha value is -1.55. The number of hydrogen-bond acceptors (Lipinski definition) is 5. The molecule has 126 valence electrons. The first-order valence-corrected chi connectivity index (χ1v) is 9.32. The van der Waals surface area contributed by atoms with Gasteiger partial charge in [-0.15, -0.1) is 0 Å². The molecule has 0 saturated carbocycles. The summed E-state index contributed by atoms with van der Waals surface area (Å²) in [7, 11) is -3.67. The molecule has 0 unspecified atom stereocenters. The molecule has 0 aliphatic heterocycles. The Kier molecular flexibility index (Phi) is 6.05. The van der Waals surface area contributed by atoms with Crippen LogP contribution in [-0.2, 0) is 20.0 Å². The normalized spacial score (nSPS) is 11.8. The number of rotatable bonds is 8. The summed E-state index contributed by atoms with van der Waals surface area (Å²) in [6.07, 6.45) is 1.95. The van der Waals surface area contributed by atoms with Gasteiger partial charge in [-0.1, -0.05) is 25.5 Å². The average Bonchev–Trinajstić information content (AvgIpc) is 2.51. The Balaban J connectivity index is 2.45. The maximum atomic E-state index is 12.6. The average molecular weight is 338 g/mol. The molecule has 1 N–H and O–H groups in total.